The zero-order valence-electron chi connectivity index (χ0n) is 17.2. The minimum atomic E-state index is -4.03. The van der Waals surface area contributed by atoms with Crippen LogP contribution in [0.5, 0.6) is 0 Å². The molecule has 3 rings (SSSR count). The number of hydrogen-bond acceptors (Lipinski definition) is 6. The molecule has 1 atom stereocenters. The highest BCUT2D eigenvalue weighted by atomic mass is 32.2. The molecule has 1 N–H and O–H groups in total. The summed E-state index contributed by atoms with van der Waals surface area (Å²) >= 11 is 0.933. The van der Waals surface area contributed by atoms with Gasteiger partial charge in [-0.25, -0.2) is 4.39 Å². The molecule has 0 saturated carbocycles. The molecule has 1 aliphatic heterocycles. The van der Waals surface area contributed by atoms with Crippen LogP contribution in [0, 0.1) is 5.82 Å². The number of thioether (sulfide) groups is 1. The molecule has 1 fully saturated rings. The highest BCUT2D eigenvalue weighted by Gasteiger charge is 2.40. The molecule has 32 heavy (non-hydrogen) atoms. The standard InChI is InChI=1S/C21H22FN3O5S2/c1-30-13-5-12-25-20(27)18(14-19(26)23-16-10-8-15(22)9-11-16)31-21(25)24-32(28,29)17-6-3-2-4-7-17/h2-4,6-11,18H,5,12-14H2,1H3,(H,23,26)/b24-21+. The molecular weight excluding hydrogens is 457 g/mol. The molecule has 8 nitrogen and oxygen atoms in total. The molecule has 0 aromatic heterocycles. The van der Waals surface area contributed by atoms with E-state index in [0.717, 1.165) is 11.8 Å². The van der Waals surface area contributed by atoms with Gasteiger partial charge >= 0.3 is 0 Å². The number of anilines is 1. The fourth-order valence-corrected chi connectivity index (χ4v) is 5.35. The number of hydrogen-bond donors (Lipinski definition) is 1. The van der Waals surface area contributed by atoms with E-state index in [0.29, 0.717) is 18.7 Å². The normalized spacial score (nSPS) is 17.7. The van der Waals surface area contributed by atoms with Crippen LogP contribution in [0.2, 0.25) is 0 Å². The van der Waals surface area contributed by atoms with Crippen LogP contribution in [0.3, 0.4) is 0 Å². The van der Waals surface area contributed by atoms with E-state index in [1.807, 2.05) is 0 Å². The smallest absolute Gasteiger partial charge is 0.284 e. The maximum absolute atomic E-state index is 13.0. The first-order valence-corrected chi connectivity index (χ1v) is 12.0. The summed E-state index contributed by atoms with van der Waals surface area (Å²) in [6, 6.07) is 12.9. The molecule has 170 valence electrons. The fourth-order valence-electron chi connectivity index (χ4n) is 2.94. The van der Waals surface area contributed by atoms with Gasteiger partial charge in [0.2, 0.25) is 11.8 Å². The maximum atomic E-state index is 13.0. The van der Waals surface area contributed by atoms with Gasteiger partial charge in [0.05, 0.1) is 4.90 Å². The lowest BCUT2D eigenvalue weighted by atomic mass is 10.2. The Morgan fingerprint density at radius 1 is 1.19 bits per heavy atom. The number of sulfonamides is 1. The number of benzene rings is 2. The van der Waals surface area contributed by atoms with E-state index in [1.165, 1.54) is 48.4 Å². The molecule has 1 aliphatic rings. The summed E-state index contributed by atoms with van der Waals surface area (Å²) in [5.74, 6) is -1.29. The molecule has 2 aromatic carbocycles. The van der Waals surface area contributed by atoms with Crippen LogP contribution in [0.4, 0.5) is 10.1 Å². The van der Waals surface area contributed by atoms with Crippen LogP contribution >= 0.6 is 11.8 Å². The van der Waals surface area contributed by atoms with E-state index in [4.69, 9.17) is 4.74 Å². The Bertz CT molecular complexity index is 1090. The average molecular weight is 480 g/mol. The number of carbonyl (C=O) groups is 2. The van der Waals surface area contributed by atoms with Crippen LogP contribution in [0.1, 0.15) is 12.8 Å². The number of rotatable bonds is 9. The van der Waals surface area contributed by atoms with Crippen LogP contribution in [0.15, 0.2) is 63.9 Å². The predicted molar refractivity (Wildman–Crippen MR) is 120 cm³/mol. The second-order valence-corrected chi connectivity index (χ2v) is 9.64. The van der Waals surface area contributed by atoms with Crippen molar-refractivity contribution in [3.63, 3.8) is 0 Å². The zero-order valence-corrected chi connectivity index (χ0v) is 18.9. The van der Waals surface area contributed by atoms with E-state index >= 15 is 0 Å². The van der Waals surface area contributed by atoms with E-state index < -0.39 is 32.9 Å². The summed E-state index contributed by atoms with van der Waals surface area (Å²) in [5, 5.41) is 1.80. The van der Waals surface area contributed by atoms with Gasteiger partial charge in [0, 0.05) is 32.4 Å². The van der Waals surface area contributed by atoms with Gasteiger partial charge in [-0.3, -0.25) is 14.5 Å². The quantitative estimate of drug-likeness (QED) is 0.555. The number of halogens is 1. The number of carbonyl (C=O) groups excluding carboxylic acids is 2. The lowest BCUT2D eigenvalue weighted by molar-refractivity contribution is -0.128. The minimum absolute atomic E-state index is 0.00916. The molecule has 1 saturated heterocycles. The molecule has 2 aromatic rings. The van der Waals surface area contributed by atoms with Gasteiger partial charge in [-0.1, -0.05) is 30.0 Å². The third-order valence-corrected chi connectivity index (χ3v) is 7.06. The highest BCUT2D eigenvalue weighted by Crippen LogP contribution is 2.31. The van der Waals surface area contributed by atoms with Gasteiger partial charge in [0.1, 0.15) is 11.1 Å². The van der Waals surface area contributed by atoms with Gasteiger partial charge < -0.3 is 10.1 Å². The zero-order chi connectivity index (χ0) is 23.1. The van der Waals surface area contributed by atoms with Crippen molar-refractivity contribution in [3.05, 3.63) is 60.4 Å². The topological polar surface area (TPSA) is 105 Å². The number of ether oxygens (including phenoxy) is 1. The average Bonchev–Trinajstić information content (AvgIpc) is 3.04. The van der Waals surface area contributed by atoms with Crippen LogP contribution in [-0.2, 0) is 24.3 Å². The van der Waals surface area contributed by atoms with Gasteiger partial charge in [-0.05, 0) is 42.8 Å². The van der Waals surface area contributed by atoms with Crippen molar-refractivity contribution in [2.75, 3.05) is 25.6 Å². The van der Waals surface area contributed by atoms with Gasteiger partial charge in [-0.2, -0.15) is 8.42 Å². The molecule has 11 heteroatoms. The van der Waals surface area contributed by atoms with Crippen LogP contribution in [-0.4, -0.2) is 55.8 Å². The lowest BCUT2D eigenvalue weighted by Gasteiger charge is -2.16. The molecule has 0 aliphatic carbocycles. The summed E-state index contributed by atoms with van der Waals surface area (Å²) in [5.41, 5.74) is 0.393. The minimum Gasteiger partial charge on any atom is -0.385 e. The Morgan fingerprint density at radius 2 is 1.88 bits per heavy atom. The Morgan fingerprint density at radius 3 is 2.53 bits per heavy atom. The van der Waals surface area contributed by atoms with Gasteiger partial charge in [0.25, 0.3) is 10.0 Å². The Kier molecular flexibility index (Phi) is 7.99. The van der Waals surface area contributed by atoms with Crippen molar-refractivity contribution < 1.29 is 27.1 Å². The van der Waals surface area contributed by atoms with Crippen molar-refractivity contribution in [3.8, 4) is 0 Å². The molecule has 2 amide bonds. The number of nitrogens with zero attached hydrogens (tertiary/aromatic N) is 2. The molecule has 0 spiro atoms. The van der Waals surface area contributed by atoms with Crippen molar-refractivity contribution in [2.24, 2.45) is 4.40 Å². The predicted octanol–water partition coefficient (Wildman–Crippen LogP) is 2.88. The van der Waals surface area contributed by atoms with Crippen molar-refractivity contribution >= 4 is 44.5 Å². The van der Waals surface area contributed by atoms with E-state index in [2.05, 4.69) is 9.71 Å². The van der Waals surface area contributed by atoms with Gasteiger partial charge in [-0.15, -0.1) is 4.40 Å². The molecular formula is C21H22FN3O5S2. The first-order chi connectivity index (χ1) is 15.3. The van der Waals surface area contributed by atoms with Crippen LogP contribution in [0.25, 0.3) is 0 Å². The van der Waals surface area contributed by atoms with Crippen molar-refractivity contribution in [2.45, 2.75) is 23.0 Å². The van der Waals surface area contributed by atoms with Gasteiger partial charge in [0.15, 0.2) is 5.17 Å². The number of nitrogens with one attached hydrogen (secondary N) is 1. The Labute approximate surface area is 189 Å². The number of amides is 2. The molecule has 1 unspecified atom stereocenters. The number of methoxy groups -OCH3 is 1. The third-order valence-electron chi connectivity index (χ3n) is 4.49. The second-order valence-electron chi connectivity index (χ2n) is 6.86. The van der Waals surface area contributed by atoms with E-state index in [9.17, 15) is 22.4 Å². The molecule has 0 bridgehead atoms. The summed E-state index contributed by atoms with van der Waals surface area (Å²) < 4.78 is 47.3. The summed E-state index contributed by atoms with van der Waals surface area (Å²) in [7, 11) is -2.50. The van der Waals surface area contributed by atoms with E-state index in [-0.39, 0.29) is 23.0 Å². The largest absolute Gasteiger partial charge is 0.385 e. The first kappa shape index (κ1) is 23.9. The number of amidine groups is 1. The van der Waals surface area contributed by atoms with Crippen molar-refractivity contribution in [1.82, 2.24) is 4.90 Å². The monoisotopic (exact) mass is 479 g/mol. The van der Waals surface area contributed by atoms with Crippen LogP contribution < -0.4 is 5.32 Å². The fraction of sp³-hybridized carbons (Fsp3) is 0.286. The molecule has 1 heterocycles. The summed E-state index contributed by atoms with van der Waals surface area (Å²) in [4.78, 5) is 26.6. The van der Waals surface area contributed by atoms with E-state index in [1.54, 1.807) is 18.2 Å². The Balaban J connectivity index is 1.77. The lowest BCUT2D eigenvalue weighted by Crippen LogP contribution is -2.35. The summed E-state index contributed by atoms with van der Waals surface area (Å²) in [6.45, 7) is 0.585. The highest BCUT2D eigenvalue weighted by molar-refractivity contribution is 8.16. The first-order valence-electron chi connectivity index (χ1n) is 9.72. The maximum Gasteiger partial charge on any atom is 0.284 e. The third kappa shape index (κ3) is 6.15. The van der Waals surface area contributed by atoms with Crippen molar-refractivity contribution in [1.29, 1.82) is 0 Å². The SMILES string of the molecule is COCCCN1C(=O)C(CC(=O)Nc2ccc(F)cc2)S/C1=N/S(=O)(=O)c1ccccc1. The summed E-state index contributed by atoms with van der Waals surface area (Å²) in [6.07, 6.45) is 0.285. The Hall–Kier alpha value is -2.76. The molecule has 0 radical (unpaired) electrons. The second kappa shape index (κ2) is 10.7.